The van der Waals surface area contributed by atoms with Crippen molar-refractivity contribution in [1.29, 1.82) is 0 Å². The molecule has 0 radical (unpaired) electrons. The van der Waals surface area contributed by atoms with Crippen LogP contribution in [0, 0.1) is 0 Å². The highest BCUT2D eigenvalue weighted by atomic mass is 16.5. The molecule has 0 saturated carbocycles. The highest BCUT2D eigenvalue weighted by molar-refractivity contribution is 5.97. The summed E-state index contributed by atoms with van der Waals surface area (Å²) in [6.07, 6.45) is 7.17. The molecule has 4 nitrogen and oxygen atoms in total. The van der Waals surface area contributed by atoms with Crippen molar-refractivity contribution in [1.82, 2.24) is 5.32 Å². The van der Waals surface area contributed by atoms with Crippen molar-refractivity contribution >= 4 is 5.91 Å². The van der Waals surface area contributed by atoms with Crippen LogP contribution in [-0.2, 0) is 0 Å². The Morgan fingerprint density at radius 3 is 2.90 bits per heavy atom. The lowest BCUT2D eigenvalue weighted by Crippen LogP contribution is -2.24. The number of hydrogen-bond donors (Lipinski definition) is 2. The van der Waals surface area contributed by atoms with Crippen LogP contribution >= 0.6 is 0 Å². The molecule has 116 valence electrons. The summed E-state index contributed by atoms with van der Waals surface area (Å²) in [6.45, 7) is 3.28. The van der Waals surface area contributed by atoms with E-state index < -0.39 is 0 Å². The van der Waals surface area contributed by atoms with Crippen LogP contribution in [0.15, 0.2) is 18.2 Å². The largest absolute Gasteiger partial charge is 0.491 e. The molecular weight excluding hydrogens is 264 g/mol. The summed E-state index contributed by atoms with van der Waals surface area (Å²) >= 11 is 0. The van der Waals surface area contributed by atoms with Crippen LogP contribution in [0.1, 0.15) is 67.4 Å². The number of ether oxygens (including phenoxy) is 1. The topological polar surface area (TPSA) is 64.4 Å². The summed E-state index contributed by atoms with van der Waals surface area (Å²) in [7, 11) is 0. The third-order valence-corrected chi connectivity index (χ3v) is 3.94. The highest BCUT2D eigenvalue weighted by Crippen LogP contribution is 2.26. The summed E-state index contributed by atoms with van der Waals surface area (Å²) in [5.41, 5.74) is 7.88. The van der Waals surface area contributed by atoms with Gasteiger partial charge in [-0.15, -0.1) is 0 Å². The van der Waals surface area contributed by atoms with Gasteiger partial charge in [0.05, 0.1) is 12.1 Å². The average Bonchev–Trinajstić information content (AvgIpc) is 2.68. The van der Waals surface area contributed by atoms with E-state index in [1.165, 1.54) is 25.7 Å². The Bertz CT molecular complexity index is 474. The number of nitrogens with two attached hydrogens (primary N) is 1. The van der Waals surface area contributed by atoms with E-state index in [2.05, 4.69) is 12.2 Å². The number of nitrogens with one attached hydrogen (secondary N) is 1. The first-order valence-electron chi connectivity index (χ1n) is 8.03. The zero-order chi connectivity index (χ0) is 15.1. The predicted molar refractivity (Wildman–Crippen MR) is 84.6 cm³/mol. The molecule has 1 amide bonds. The summed E-state index contributed by atoms with van der Waals surface area (Å²) in [4.78, 5) is 12.0. The van der Waals surface area contributed by atoms with Crippen LogP contribution in [0.25, 0.3) is 0 Å². The molecule has 0 aromatic heterocycles. The number of rotatable bonds is 7. The SMILES string of the molecule is CCCCCCCC(N)c1ccc2c(c1)C(=O)NCCO2. The molecule has 0 fully saturated rings. The molecule has 2 rings (SSSR count). The Hall–Kier alpha value is -1.55. The number of unbranched alkanes of at least 4 members (excludes halogenated alkanes) is 4. The molecule has 1 aliphatic heterocycles. The van der Waals surface area contributed by atoms with Crippen molar-refractivity contribution < 1.29 is 9.53 Å². The van der Waals surface area contributed by atoms with Crippen LogP contribution < -0.4 is 15.8 Å². The molecule has 1 heterocycles. The van der Waals surface area contributed by atoms with Crippen molar-refractivity contribution in [3.05, 3.63) is 29.3 Å². The number of carbonyl (C=O) groups excluding carboxylic acids is 1. The van der Waals surface area contributed by atoms with Gasteiger partial charge in [-0.1, -0.05) is 45.1 Å². The predicted octanol–water partition coefficient (Wildman–Crippen LogP) is 3.17. The van der Waals surface area contributed by atoms with Gasteiger partial charge in [0, 0.05) is 6.04 Å². The second-order valence-corrected chi connectivity index (χ2v) is 5.67. The number of hydrogen-bond acceptors (Lipinski definition) is 3. The summed E-state index contributed by atoms with van der Waals surface area (Å²) in [5, 5.41) is 2.83. The zero-order valence-electron chi connectivity index (χ0n) is 12.9. The van der Waals surface area contributed by atoms with Gasteiger partial charge in [-0.2, -0.15) is 0 Å². The maximum absolute atomic E-state index is 12.0. The maximum Gasteiger partial charge on any atom is 0.255 e. The Morgan fingerprint density at radius 1 is 1.29 bits per heavy atom. The smallest absolute Gasteiger partial charge is 0.255 e. The monoisotopic (exact) mass is 290 g/mol. The Morgan fingerprint density at radius 2 is 2.10 bits per heavy atom. The highest BCUT2D eigenvalue weighted by Gasteiger charge is 2.18. The van der Waals surface area contributed by atoms with E-state index in [0.29, 0.717) is 24.5 Å². The summed E-state index contributed by atoms with van der Waals surface area (Å²) < 4.78 is 5.55. The molecular formula is C17H26N2O2. The van der Waals surface area contributed by atoms with E-state index in [4.69, 9.17) is 10.5 Å². The van der Waals surface area contributed by atoms with Gasteiger partial charge in [0.25, 0.3) is 5.91 Å². The van der Waals surface area contributed by atoms with Crippen molar-refractivity contribution in [2.75, 3.05) is 13.2 Å². The van der Waals surface area contributed by atoms with E-state index >= 15 is 0 Å². The summed E-state index contributed by atoms with van der Waals surface area (Å²) in [5.74, 6) is 0.586. The van der Waals surface area contributed by atoms with Gasteiger partial charge in [0.2, 0.25) is 0 Å². The maximum atomic E-state index is 12.0. The van der Waals surface area contributed by atoms with E-state index in [1.807, 2.05) is 18.2 Å². The molecule has 1 atom stereocenters. The van der Waals surface area contributed by atoms with Gasteiger partial charge >= 0.3 is 0 Å². The lowest BCUT2D eigenvalue weighted by molar-refractivity contribution is 0.0957. The summed E-state index contributed by atoms with van der Waals surface area (Å²) in [6, 6.07) is 5.72. The fraction of sp³-hybridized carbons (Fsp3) is 0.588. The zero-order valence-corrected chi connectivity index (χ0v) is 12.9. The van der Waals surface area contributed by atoms with Crippen LogP contribution in [-0.4, -0.2) is 19.1 Å². The van der Waals surface area contributed by atoms with Crippen LogP contribution in [0.4, 0.5) is 0 Å². The van der Waals surface area contributed by atoms with Crippen molar-refractivity contribution in [3.63, 3.8) is 0 Å². The van der Waals surface area contributed by atoms with E-state index in [9.17, 15) is 4.79 Å². The van der Waals surface area contributed by atoms with Crippen molar-refractivity contribution in [2.45, 2.75) is 51.5 Å². The molecule has 1 aliphatic rings. The molecule has 1 aromatic carbocycles. The molecule has 0 saturated heterocycles. The van der Waals surface area contributed by atoms with Gasteiger partial charge in [-0.3, -0.25) is 4.79 Å². The van der Waals surface area contributed by atoms with Crippen LogP contribution in [0.2, 0.25) is 0 Å². The van der Waals surface area contributed by atoms with Crippen LogP contribution in [0.5, 0.6) is 5.75 Å². The standard InChI is InChI=1S/C17H26N2O2/c1-2-3-4-5-6-7-15(18)13-8-9-16-14(12-13)17(20)19-10-11-21-16/h8-9,12,15H,2-7,10-11,18H2,1H3,(H,19,20). The fourth-order valence-electron chi connectivity index (χ4n) is 2.64. The minimum atomic E-state index is -0.0699. The minimum Gasteiger partial charge on any atom is -0.491 e. The van der Waals surface area contributed by atoms with Crippen LogP contribution in [0.3, 0.4) is 0 Å². The van der Waals surface area contributed by atoms with Gasteiger partial charge in [-0.05, 0) is 24.1 Å². The van der Waals surface area contributed by atoms with Gasteiger partial charge in [-0.25, -0.2) is 0 Å². The van der Waals surface area contributed by atoms with E-state index in [0.717, 1.165) is 18.4 Å². The molecule has 0 aliphatic carbocycles. The number of carbonyl (C=O) groups is 1. The molecule has 1 aromatic rings. The van der Waals surface area contributed by atoms with E-state index in [1.54, 1.807) is 0 Å². The quantitative estimate of drug-likeness (QED) is 0.758. The molecule has 3 N–H and O–H groups in total. The lowest BCUT2D eigenvalue weighted by Gasteiger charge is -2.14. The Labute approximate surface area is 127 Å². The fourth-order valence-corrected chi connectivity index (χ4v) is 2.64. The molecule has 0 spiro atoms. The molecule has 21 heavy (non-hydrogen) atoms. The number of benzene rings is 1. The Balaban J connectivity index is 1.95. The second-order valence-electron chi connectivity index (χ2n) is 5.67. The lowest BCUT2D eigenvalue weighted by atomic mass is 9.98. The third-order valence-electron chi connectivity index (χ3n) is 3.94. The minimum absolute atomic E-state index is 0.00650. The molecule has 4 heteroatoms. The van der Waals surface area contributed by atoms with Crippen molar-refractivity contribution in [3.8, 4) is 5.75 Å². The first-order chi connectivity index (χ1) is 10.2. The second kappa shape index (κ2) is 8.03. The number of amides is 1. The van der Waals surface area contributed by atoms with Gasteiger partial charge in [0.15, 0.2) is 0 Å². The molecule has 0 bridgehead atoms. The third kappa shape index (κ3) is 4.46. The normalized spacial score (nSPS) is 15.6. The first kappa shape index (κ1) is 15.8. The Kier molecular flexibility index (Phi) is 6.05. The molecule has 1 unspecified atom stereocenters. The van der Waals surface area contributed by atoms with Crippen molar-refractivity contribution in [2.24, 2.45) is 5.73 Å². The van der Waals surface area contributed by atoms with E-state index in [-0.39, 0.29) is 11.9 Å². The van der Waals surface area contributed by atoms with Gasteiger partial charge < -0.3 is 15.8 Å². The average molecular weight is 290 g/mol. The first-order valence-corrected chi connectivity index (χ1v) is 8.03. The number of fused-ring (bicyclic) bond motifs is 1. The van der Waals surface area contributed by atoms with Gasteiger partial charge in [0.1, 0.15) is 12.4 Å².